The molecule has 0 bridgehead atoms. The molecule has 0 spiro atoms. The van der Waals surface area contributed by atoms with Crippen LogP contribution in [0, 0.1) is 0 Å². The monoisotopic (exact) mass is 197 g/mol. The SMILES string of the molecule is Cn1ccnc1C=NSC(C)(C)C. The molecule has 1 rings (SSSR count). The maximum absolute atomic E-state index is 4.25. The largest absolute Gasteiger partial charge is 0.333 e. The van der Waals surface area contributed by atoms with Crippen molar-refractivity contribution >= 4 is 18.2 Å². The van der Waals surface area contributed by atoms with Crippen LogP contribution >= 0.6 is 11.9 Å². The molecule has 0 fully saturated rings. The summed E-state index contributed by atoms with van der Waals surface area (Å²) in [5, 5.41) is 0. The lowest BCUT2D eigenvalue weighted by atomic mass is 10.3. The number of rotatable bonds is 2. The number of nitrogens with zero attached hydrogens (tertiary/aromatic N) is 3. The van der Waals surface area contributed by atoms with Crippen molar-refractivity contribution < 1.29 is 0 Å². The molecule has 0 aromatic carbocycles. The Balaban J connectivity index is 2.55. The fraction of sp³-hybridized carbons (Fsp3) is 0.556. The Labute approximate surface area is 83.4 Å². The molecule has 72 valence electrons. The van der Waals surface area contributed by atoms with Crippen molar-refractivity contribution in [3.63, 3.8) is 0 Å². The Kier molecular flexibility index (Phi) is 3.14. The quantitative estimate of drug-likeness (QED) is 0.538. The molecule has 0 atom stereocenters. The van der Waals surface area contributed by atoms with Crippen molar-refractivity contribution in [1.82, 2.24) is 9.55 Å². The standard InChI is InChI=1S/C9H15N3S/c1-9(2,3)13-11-7-8-10-5-6-12(8)4/h5-7H,1-4H3. The van der Waals surface area contributed by atoms with E-state index in [4.69, 9.17) is 0 Å². The van der Waals surface area contributed by atoms with Crippen LogP contribution in [0.3, 0.4) is 0 Å². The van der Waals surface area contributed by atoms with E-state index >= 15 is 0 Å². The maximum atomic E-state index is 4.25. The zero-order valence-electron chi connectivity index (χ0n) is 8.48. The van der Waals surface area contributed by atoms with Gasteiger partial charge in [-0.3, -0.25) is 0 Å². The van der Waals surface area contributed by atoms with Crippen LogP contribution in [0.5, 0.6) is 0 Å². The predicted molar refractivity (Wildman–Crippen MR) is 58.1 cm³/mol. The molecule has 0 saturated carbocycles. The summed E-state index contributed by atoms with van der Waals surface area (Å²) in [6, 6.07) is 0. The van der Waals surface area contributed by atoms with Crippen molar-refractivity contribution in [3.8, 4) is 0 Å². The molecule has 0 N–H and O–H groups in total. The van der Waals surface area contributed by atoms with E-state index in [1.165, 1.54) is 0 Å². The van der Waals surface area contributed by atoms with Crippen LogP contribution in [0.2, 0.25) is 0 Å². The molecule has 1 heterocycles. The van der Waals surface area contributed by atoms with E-state index in [0.29, 0.717) is 0 Å². The van der Waals surface area contributed by atoms with Crippen LogP contribution in [-0.4, -0.2) is 20.5 Å². The molecule has 1 aromatic rings. The summed E-state index contributed by atoms with van der Waals surface area (Å²) in [7, 11) is 1.95. The van der Waals surface area contributed by atoms with Crippen LogP contribution in [-0.2, 0) is 7.05 Å². The summed E-state index contributed by atoms with van der Waals surface area (Å²) < 4.78 is 6.36. The van der Waals surface area contributed by atoms with Gasteiger partial charge in [-0.25, -0.2) is 9.38 Å². The smallest absolute Gasteiger partial charge is 0.151 e. The summed E-state index contributed by atoms with van der Waals surface area (Å²) >= 11 is 1.56. The predicted octanol–water partition coefficient (Wildman–Crippen LogP) is 2.29. The molecule has 0 amide bonds. The molecule has 0 aliphatic rings. The Morgan fingerprint density at radius 2 is 2.23 bits per heavy atom. The normalized spacial score (nSPS) is 12.6. The Bertz CT molecular complexity index is 296. The second kappa shape index (κ2) is 3.96. The third-order valence-corrected chi connectivity index (χ3v) is 2.11. The lowest BCUT2D eigenvalue weighted by Gasteiger charge is -2.11. The molecular formula is C9H15N3S. The van der Waals surface area contributed by atoms with E-state index in [9.17, 15) is 0 Å². The molecule has 3 nitrogen and oxygen atoms in total. The second-order valence-electron chi connectivity index (χ2n) is 3.83. The first-order chi connectivity index (χ1) is 5.99. The fourth-order valence-electron chi connectivity index (χ4n) is 0.733. The molecule has 1 aromatic heterocycles. The van der Waals surface area contributed by atoms with Crippen molar-refractivity contribution in [3.05, 3.63) is 18.2 Å². The molecular weight excluding hydrogens is 182 g/mol. The van der Waals surface area contributed by atoms with E-state index in [1.54, 1.807) is 24.4 Å². The minimum atomic E-state index is 0.168. The second-order valence-corrected chi connectivity index (χ2v) is 5.45. The topological polar surface area (TPSA) is 30.2 Å². The van der Waals surface area contributed by atoms with Gasteiger partial charge in [-0.15, -0.1) is 0 Å². The molecule has 0 aliphatic carbocycles. The van der Waals surface area contributed by atoms with Gasteiger partial charge in [-0.05, 0) is 32.7 Å². The Morgan fingerprint density at radius 1 is 1.54 bits per heavy atom. The Hall–Kier alpha value is -0.770. The minimum absolute atomic E-state index is 0.168. The van der Waals surface area contributed by atoms with Gasteiger partial charge < -0.3 is 4.57 Å². The van der Waals surface area contributed by atoms with Gasteiger partial charge >= 0.3 is 0 Å². The molecule has 0 radical (unpaired) electrons. The van der Waals surface area contributed by atoms with Gasteiger partial charge in [0.05, 0.1) is 6.21 Å². The van der Waals surface area contributed by atoms with Crippen LogP contribution < -0.4 is 0 Å². The maximum Gasteiger partial charge on any atom is 0.151 e. The number of aryl methyl sites for hydroxylation is 1. The van der Waals surface area contributed by atoms with E-state index in [1.807, 2.05) is 17.8 Å². The first kappa shape index (κ1) is 10.3. The molecule has 0 saturated heterocycles. The molecule has 0 unspecified atom stereocenters. The van der Waals surface area contributed by atoms with E-state index < -0.39 is 0 Å². The minimum Gasteiger partial charge on any atom is -0.333 e. The highest BCUT2D eigenvalue weighted by Gasteiger charge is 2.09. The van der Waals surface area contributed by atoms with Crippen molar-refractivity contribution in [1.29, 1.82) is 0 Å². The lowest BCUT2D eigenvalue weighted by molar-refractivity contribution is 0.804. The van der Waals surface area contributed by atoms with Gasteiger partial charge in [0, 0.05) is 24.2 Å². The molecule has 0 aliphatic heterocycles. The highest BCUT2D eigenvalue weighted by molar-refractivity contribution is 7.99. The van der Waals surface area contributed by atoms with Gasteiger partial charge in [0.2, 0.25) is 0 Å². The van der Waals surface area contributed by atoms with Crippen molar-refractivity contribution in [2.45, 2.75) is 25.5 Å². The first-order valence-corrected chi connectivity index (χ1v) is 4.95. The van der Waals surface area contributed by atoms with E-state index in [0.717, 1.165) is 5.82 Å². The third-order valence-electron chi connectivity index (χ3n) is 1.35. The fourth-order valence-corrected chi connectivity index (χ4v) is 1.20. The summed E-state index contributed by atoms with van der Waals surface area (Å²) in [6.45, 7) is 6.40. The lowest BCUT2D eigenvalue weighted by Crippen LogP contribution is -2.05. The average molecular weight is 197 g/mol. The van der Waals surface area contributed by atoms with Gasteiger partial charge in [0.1, 0.15) is 0 Å². The highest BCUT2D eigenvalue weighted by Crippen LogP contribution is 2.23. The van der Waals surface area contributed by atoms with Gasteiger partial charge in [-0.1, -0.05) is 0 Å². The zero-order valence-corrected chi connectivity index (χ0v) is 9.30. The van der Waals surface area contributed by atoms with Gasteiger partial charge in [0.25, 0.3) is 0 Å². The summed E-state index contributed by atoms with van der Waals surface area (Å²) in [4.78, 5) is 4.14. The van der Waals surface area contributed by atoms with Crippen LogP contribution in [0.25, 0.3) is 0 Å². The highest BCUT2D eigenvalue weighted by atomic mass is 32.2. The van der Waals surface area contributed by atoms with E-state index in [-0.39, 0.29) is 4.75 Å². The summed E-state index contributed by atoms with van der Waals surface area (Å²) in [5.41, 5.74) is 0. The molecule has 13 heavy (non-hydrogen) atoms. The third kappa shape index (κ3) is 3.63. The number of aromatic nitrogens is 2. The summed E-state index contributed by atoms with van der Waals surface area (Å²) in [5.74, 6) is 0.886. The van der Waals surface area contributed by atoms with Crippen LogP contribution in [0.4, 0.5) is 0 Å². The summed E-state index contributed by atoms with van der Waals surface area (Å²) in [6.07, 6.45) is 5.46. The average Bonchev–Trinajstić information content (AvgIpc) is 2.34. The van der Waals surface area contributed by atoms with Crippen LogP contribution in [0.15, 0.2) is 16.8 Å². The first-order valence-electron chi connectivity index (χ1n) is 4.18. The van der Waals surface area contributed by atoms with Crippen molar-refractivity contribution in [2.75, 3.05) is 0 Å². The molecule has 4 heteroatoms. The number of imidazole rings is 1. The van der Waals surface area contributed by atoms with Crippen molar-refractivity contribution in [2.24, 2.45) is 11.4 Å². The number of hydrogen-bond donors (Lipinski definition) is 0. The number of hydrogen-bond acceptors (Lipinski definition) is 3. The Morgan fingerprint density at radius 3 is 2.69 bits per heavy atom. The van der Waals surface area contributed by atoms with Crippen LogP contribution in [0.1, 0.15) is 26.6 Å². The van der Waals surface area contributed by atoms with E-state index in [2.05, 4.69) is 30.2 Å². The zero-order chi connectivity index (χ0) is 9.90. The van der Waals surface area contributed by atoms with Gasteiger partial charge in [0.15, 0.2) is 5.82 Å². The van der Waals surface area contributed by atoms with Gasteiger partial charge in [-0.2, -0.15) is 0 Å².